The largest absolute Gasteiger partial charge is 0.383 e. The summed E-state index contributed by atoms with van der Waals surface area (Å²) < 4.78 is 4.78. The van der Waals surface area contributed by atoms with Crippen molar-refractivity contribution in [1.82, 2.24) is 4.90 Å². The zero-order valence-electron chi connectivity index (χ0n) is 5.35. The highest BCUT2D eigenvalue weighted by Gasteiger charge is 1.85. The lowest BCUT2D eigenvalue weighted by Gasteiger charge is -2.07. The van der Waals surface area contributed by atoms with Crippen LogP contribution in [0.4, 0.5) is 0 Å². The van der Waals surface area contributed by atoms with Crippen LogP contribution in [0.25, 0.3) is 0 Å². The van der Waals surface area contributed by atoms with Crippen molar-refractivity contribution in [3.05, 3.63) is 0 Å². The molecule has 46 valence electrons. The van der Waals surface area contributed by atoms with Crippen molar-refractivity contribution in [1.29, 1.82) is 0 Å². The Hall–Kier alpha value is -0.680. The monoisotopic (exact) mass is 113 g/mol. The molecular weight excluding hydrogens is 102 g/mol. The minimum atomic E-state index is 0.695. The molecule has 0 bridgehead atoms. The molecule has 0 aromatic rings. The molecule has 0 saturated carbocycles. The Bertz CT molecular complexity index is 85.0. The molecule has 0 fully saturated rings. The van der Waals surface area contributed by atoms with Gasteiger partial charge in [-0.3, -0.25) is 0 Å². The summed E-state index contributed by atoms with van der Waals surface area (Å²) in [5.74, 6) is 0. The number of nitrogens with zero attached hydrogens (tertiary/aromatic N) is 1. The lowest BCUT2D eigenvalue weighted by molar-refractivity contribution is 0.180. The molecule has 0 aliphatic rings. The van der Waals surface area contributed by atoms with Crippen molar-refractivity contribution >= 4 is 0 Å². The van der Waals surface area contributed by atoms with Gasteiger partial charge in [0, 0.05) is 26.7 Å². The Balaban J connectivity index is 3.02. The Morgan fingerprint density at radius 1 is 1.75 bits per heavy atom. The van der Waals surface area contributed by atoms with Crippen LogP contribution >= 0.6 is 0 Å². The molecule has 0 aliphatic heterocycles. The molecule has 0 N–H and O–H groups in total. The van der Waals surface area contributed by atoms with Gasteiger partial charge >= 0.3 is 0 Å². The first-order valence-electron chi connectivity index (χ1n) is 2.47. The molecule has 0 amide bonds. The molecule has 0 atom stereocenters. The molecule has 2 nitrogen and oxygen atoms in total. The average molecular weight is 113 g/mol. The van der Waals surface area contributed by atoms with Crippen LogP contribution in [0.1, 0.15) is 0 Å². The van der Waals surface area contributed by atoms with Gasteiger partial charge in [0.1, 0.15) is 0 Å². The maximum Gasteiger partial charge on any atom is 0.0644 e. The van der Waals surface area contributed by atoms with E-state index in [1.54, 1.807) is 12.0 Å². The second kappa shape index (κ2) is 4.48. The Morgan fingerprint density at radius 2 is 2.38 bits per heavy atom. The summed E-state index contributed by atoms with van der Waals surface area (Å²) in [5, 5.41) is 0. The van der Waals surface area contributed by atoms with E-state index < -0.39 is 0 Å². The Morgan fingerprint density at radius 3 is 2.75 bits per heavy atom. The van der Waals surface area contributed by atoms with Gasteiger partial charge in [-0.05, 0) is 0 Å². The highest BCUT2D eigenvalue weighted by Crippen LogP contribution is 1.75. The molecule has 2 heteroatoms. The van der Waals surface area contributed by atoms with Crippen LogP contribution in [0.5, 0.6) is 0 Å². The minimum Gasteiger partial charge on any atom is -0.383 e. The summed E-state index contributed by atoms with van der Waals surface area (Å²) in [6.07, 6.45) is 5.03. The van der Waals surface area contributed by atoms with E-state index in [4.69, 9.17) is 11.2 Å². The van der Waals surface area contributed by atoms with E-state index in [0.29, 0.717) is 6.61 Å². The normalized spacial score (nSPS) is 8.12. The van der Waals surface area contributed by atoms with Gasteiger partial charge < -0.3 is 9.64 Å². The second-order valence-electron chi connectivity index (χ2n) is 1.54. The molecule has 0 spiro atoms. The molecule has 0 radical (unpaired) electrons. The highest BCUT2D eigenvalue weighted by atomic mass is 16.5. The standard InChI is InChI=1S/C6H11NO/c1-4-7(2)5-6-8-3/h1H,5-6H2,2-3H3. The third-order valence-corrected chi connectivity index (χ3v) is 0.851. The molecule has 0 aromatic heterocycles. The first-order valence-corrected chi connectivity index (χ1v) is 2.47. The third kappa shape index (κ3) is 3.51. The molecule has 0 heterocycles. The molecular formula is C6H11NO. The number of rotatable bonds is 3. The Labute approximate surface area is 50.4 Å². The maximum atomic E-state index is 5.03. The van der Waals surface area contributed by atoms with Crippen LogP contribution in [-0.2, 0) is 4.74 Å². The molecule has 8 heavy (non-hydrogen) atoms. The lowest BCUT2D eigenvalue weighted by atomic mass is 10.6. The van der Waals surface area contributed by atoms with Crippen LogP contribution in [0.2, 0.25) is 0 Å². The summed E-state index contributed by atoms with van der Waals surface area (Å²) in [6.45, 7) is 1.49. The summed E-state index contributed by atoms with van der Waals surface area (Å²) in [4.78, 5) is 1.74. The van der Waals surface area contributed by atoms with Crippen LogP contribution in [-0.4, -0.2) is 32.2 Å². The predicted octanol–water partition coefficient (Wildman–Crippen LogP) is 0.155. The average Bonchev–Trinajstić information content (AvgIpc) is 1.83. The SMILES string of the molecule is C#CN(C)CCOC. The van der Waals surface area contributed by atoms with Crippen LogP contribution in [0.15, 0.2) is 0 Å². The van der Waals surface area contributed by atoms with Crippen molar-refractivity contribution in [2.45, 2.75) is 0 Å². The molecule has 0 unspecified atom stereocenters. The van der Waals surface area contributed by atoms with Crippen LogP contribution in [0.3, 0.4) is 0 Å². The van der Waals surface area contributed by atoms with E-state index >= 15 is 0 Å². The van der Waals surface area contributed by atoms with Gasteiger partial charge in [-0.25, -0.2) is 0 Å². The van der Waals surface area contributed by atoms with Gasteiger partial charge in [0.05, 0.1) is 6.61 Å². The van der Waals surface area contributed by atoms with Crippen molar-refractivity contribution < 1.29 is 4.74 Å². The number of methoxy groups -OCH3 is 1. The van der Waals surface area contributed by atoms with Crippen molar-refractivity contribution in [2.75, 3.05) is 27.3 Å². The van der Waals surface area contributed by atoms with Crippen LogP contribution in [0, 0.1) is 12.5 Å². The molecule has 0 rings (SSSR count). The topological polar surface area (TPSA) is 12.5 Å². The minimum absolute atomic E-state index is 0.695. The first kappa shape index (κ1) is 7.32. The van der Waals surface area contributed by atoms with Crippen molar-refractivity contribution in [2.24, 2.45) is 0 Å². The summed E-state index contributed by atoms with van der Waals surface area (Å²) >= 11 is 0. The number of hydrogen-bond acceptors (Lipinski definition) is 2. The zero-order chi connectivity index (χ0) is 6.41. The first-order chi connectivity index (χ1) is 3.81. The fourth-order valence-electron chi connectivity index (χ4n) is 0.293. The smallest absolute Gasteiger partial charge is 0.0644 e. The highest BCUT2D eigenvalue weighted by molar-refractivity contribution is 4.81. The third-order valence-electron chi connectivity index (χ3n) is 0.851. The molecule has 0 aliphatic carbocycles. The van der Waals surface area contributed by atoms with E-state index in [1.165, 1.54) is 0 Å². The number of terminal acetylenes is 1. The van der Waals surface area contributed by atoms with E-state index in [1.807, 2.05) is 7.05 Å². The molecule has 0 aromatic carbocycles. The Kier molecular flexibility index (Phi) is 4.10. The fraction of sp³-hybridized carbons (Fsp3) is 0.667. The lowest BCUT2D eigenvalue weighted by Crippen LogP contribution is -2.16. The van der Waals surface area contributed by atoms with Gasteiger partial charge in [0.25, 0.3) is 0 Å². The van der Waals surface area contributed by atoms with Gasteiger partial charge in [0.15, 0.2) is 0 Å². The van der Waals surface area contributed by atoms with E-state index in [0.717, 1.165) is 6.54 Å². The van der Waals surface area contributed by atoms with E-state index in [2.05, 4.69) is 6.04 Å². The quantitative estimate of drug-likeness (QED) is 0.382. The summed E-state index contributed by atoms with van der Waals surface area (Å²) in [6, 6.07) is 2.45. The number of ether oxygens (including phenoxy) is 1. The van der Waals surface area contributed by atoms with Gasteiger partial charge in [0.2, 0.25) is 0 Å². The number of likely N-dealkylation sites (N-methyl/N-ethyl adjacent to an activating group) is 1. The zero-order valence-corrected chi connectivity index (χ0v) is 5.35. The van der Waals surface area contributed by atoms with Crippen molar-refractivity contribution in [3.63, 3.8) is 0 Å². The van der Waals surface area contributed by atoms with Crippen LogP contribution < -0.4 is 0 Å². The van der Waals surface area contributed by atoms with Gasteiger partial charge in [-0.1, -0.05) is 6.42 Å². The summed E-state index contributed by atoms with van der Waals surface area (Å²) in [5.41, 5.74) is 0. The number of hydrogen-bond donors (Lipinski definition) is 0. The fourth-order valence-corrected chi connectivity index (χ4v) is 0.293. The molecule has 0 saturated heterocycles. The van der Waals surface area contributed by atoms with Crippen molar-refractivity contribution in [3.8, 4) is 12.5 Å². The summed E-state index contributed by atoms with van der Waals surface area (Å²) in [7, 11) is 3.50. The van der Waals surface area contributed by atoms with E-state index in [-0.39, 0.29) is 0 Å². The predicted molar refractivity (Wildman–Crippen MR) is 33.3 cm³/mol. The second-order valence-corrected chi connectivity index (χ2v) is 1.54. The van der Waals surface area contributed by atoms with E-state index in [9.17, 15) is 0 Å². The van der Waals surface area contributed by atoms with Gasteiger partial charge in [-0.2, -0.15) is 0 Å². The van der Waals surface area contributed by atoms with Gasteiger partial charge in [-0.15, -0.1) is 0 Å². The maximum absolute atomic E-state index is 5.03.